The lowest BCUT2D eigenvalue weighted by molar-refractivity contribution is -0.126. The van der Waals surface area contributed by atoms with Gasteiger partial charge in [-0.15, -0.1) is 0 Å². The minimum absolute atomic E-state index is 0.0475. The fraction of sp³-hybridized carbons (Fsp3) is 0.769. The van der Waals surface area contributed by atoms with Crippen molar-refractivity contribution in [2.75, 3.05) is 19.8 Å². The molecule has 0 bridgehead atoms. The largest absolute Gasteiger partial charge is 0.381 e. The number of aromatic nitrogens is 2. The van der Waals surface area contributed by atoms with Gasteiger partial charge in [0.25, 0.3) is 0 Å². The van der Waals surface area contributed by atoms with Gasteiger partial charge in [-0.3, -0.25) is 16.0 Å². The quantitative estimate of drug-likeness (QED) is 0.576. The SMILES string of the molecule is CCOC1(C(Cc2ccn(C)n2)NN)CCOCC1. The van der Waals surface area contributed by atoms with Crippen LogP contribution in [0.15, 0.2) is 12.3 Å². The molecule has 1 saturated heterocycles. The topological polar surface area (TPSA) is 74.3 Å². The highest BCUT2D eigenvalue weighted by molar-refractivity contribution is 5.06. The Labute approximate surface area is 114 Å². The Morgan fingerprint density at radius 3 is 2.84 bits per heavy atom. The van der Waals surface area contributed by atoms with E-state index < -0.39 is 0 Å². The highest BCUT2D eigenvalue weighted by atomic mass is 16.5. The lowest BCUT2D eigenvalue weighted by Crippen LogP contribution is -2.58. The number of aryl methyl sites for hydroxylation is 1. The van der Waals surface area contributed by atoms with Gasteiger partial charge >= 0.3 is 0 Å². The van der Waals surface area contributed by atoms with E-state index in [0.717, 1.165) is 38.2 Å². The number of nitrogens with two attached hydrogens (primary N) is 1. The van der Waals surface area contributed by atoms with E-state index in [1.54, 1.807) is 4.68 Å². The summed E-state index contributed by atoms with van der Waals surface area (Å²) in [5.41, 5.74) is 3.70. The summed E-state index contributed by atoms with van der Waals surface area (Å²) in [5.74, 6) is 5.77. The minimum atomic E-state index is -0.251. The predicted molar refractivity (Wildman–Crippen MR) is 72.4 cm³/mol. The molecule has 0 aromatic carbocycles. The van der Waals surface area contributed by atoms with Crippen molar-refractivity contribution in [3.05, 3.63) is 18.0 Å². The third kappa shape index (κ3) is 3.33. The second-order valence-corrected chi connectivity index (χ2v) is 5.01. The lowest BCUT2D eigenvalue weighted by atomic mass is 9.84. The van der Waals surface area contributed by atoms with Gasteiger partial charge in [-0.1, -0.05) is 0 Å². The zero-order chi connectivity index (χ0) is 13.7. The van der Waals surface area contributed by atoms with E-state index >= 15 is 0 Å². The van der Waals surface area contributed by atoms with Gasteiger partial charge in [0.2, 0.25) is 0 Å². The summed E-state index contributed by atoms with van der Waals surface area (Å²) in [4.78, 5) is 0. The van der Waals surface area contributed by atoms with Crippen LogP contribution in [0.4, 0.5) is 0 Å². The first kappa shape index (κ1) is 14.5. The monoisotopic (exact) mass is 268 g/mol. The highest BCUT2D eigenvalue weighted by Crippen LogP contribution is 2.30. The van der Waals surface area contributed by atoms with E-state index in [1.165, 1.54) is 0 Å². The van der Waals surface area contributed by atoms with Crippen LogP contribution in [0, 0.1) is 0 Å². The van der Waals surface area contributed by atoms with Gasteiger partial charge in [-0.2, -0.15) is 5.10 Å². The summed E-state index contributed by atoms with van der Waals surface area (Å²) in [6.07, 6.45) is 4.43. The summed E-state index contributed by atoms with van der Waals surface area (Å²) in [7, 11) is 1.92. The molecule has 108 valence electrons. The van der Waals surface area contributed by atoms with Crippen LogP contribution in [0.25, 0.3) is 0 Å². The van der Waals surface area contributed by atoms with Gasteiger partial charge in [-0.05, 0) is 13.0 Å². The van der Waals surface area contributed by atoms with Crippen LogP contribution < -0.4 is 11.3 Å². The molecule has 0 radical (unpaired) electrons. The maximum Gasteiger partial charge on any atom is 0.0895 e. The second kappa shape index (κ2) is 6.47. The number of nitrogens with zero attached hydrogens (tertiary/aromatic N) is 2. The molecule has 1 aromatic rings. The first-order chi connectivity index (χ1) is 9.20. The second-order valence-electron chi connectivity index (χ2n) is 5.01. The summed E-state index contributed by atoms with van der Waals surface area (Å²) in [5, 5.41) is 4.42. The van der Waals surface area contributed by atoms with Crippen LogP contribution in [-0.4, -0.2) is 41.2 Å². The van der Waals surface area contributed by atoms with Gasteiger partial charge in [0.05, 0.1) is 17.3 Å². The molecule has 0 spiro atoms. The van der Waals surface area contributed by atoms with Crippen LogP contribution in [0.3, 0.4) is 0 Å². The molecule has 0 saturated carbocycles. The molecule has 2 rings (SSSR count). The molecule has 1 atom stereocenters. The molecule has 6 heteroatoms. The summed E-state index contributed by atoms with van der Waals surface area (Å²) in [6.45, 7) is 4.15. The Bertz CT molecular complexity index is 382. The average Bonchev–Trinajstić information content (AvgIpc) is 2.83. The van der Waals surface area contributed by atoms with Crippen LogP contribution in [0.5, 0.6) is 0 Å². The predicted octanol–water partition coefficient (Wildman–Crippen LogP) is 0.380. The number of nitrogens with one attached hydrogen (secondary N) is 1. The Morgan fingerprint density at radius 1 is 1.58 bits per heavy atom. The summed E-state index contributed by atoms with van der Waals surface area (Å²) in [6, 6.07) is 2.06. The van der Waals surface area contributed by atoms with E-state index in [0.29, 0.717) is 6.61 Å². The third-order valence-corrected chi connectivity index (χ3v) is 3.79. The van der Waals surface area contributed by atoms with Gasteiger partial charge < -0.3 is 9.47 Å². The number of hydrazine groups is 1. The Hall–Kier alpha value is -0.950. The van der Waals surface area contributed by atoms with Gasteiger partial charge in [0.15, 0.2) is 0 Å². The molecule has 6 nitrogen and oxygen atoms in total. The smallest absolute Gasteiger partial charge is 0.0895 e. The normalized spacial score (nSPS) is 20.4. The Balaban J connectivity index is 2.12. The summed E-state index contributed by atoms with van der Waals surface area (Å²) < 4.78 is 13.3. The van der Waals surface area contributed by atoms with Gasteiger partial charge in [-0.25, -0.2) is 0 Å². The van der Waals surface area contributed by atoms with Crippen molar-refractivity contribution >= 4 is 0 Å². The zero-order valence-corrected chi connectivity index (χ0v) is 11.8. The zero-order valence-electron chi connectivity index (χ0n) is 11.8. The Morgan fingerprint density at radius 2 is 2.32 bits per heavy atom. The van der Waals surface area contributed by atoms with Crippen molar-refractivity contribution < 1.29 is 9.47 Å². The van der Waals surface area contributed by atoms with Gasteiger partial charge in [0.1, 0.15) is 0 Å². The summed E-state index contributed by atoms with van der Waals surface area (Å²) >= 11 is 0. The van der Waals surface area contributed by atoms with E-state index in [9.17, 15) is 0 Å². The maximum absolute atomic E-state index is 6.05. The first-order valence-corrected chi connectivity index (χ1v) is 6.86. The molecule has 1 aromatic heterocycles. The fourth-order valence-electron chi connectivity index (χ4n) is 2.78. The van der Waals surface area contributed by atoms with Crippen molar-refractivity contribution in [3.8, 4) is 0 Å². The van der Waals surface area contributed by atoms with Crippen molar-refractivity contribution in [1.82, 2.24) is 15.2 Å². The minimum Gasteiger partial charge on any atom is -0.381 e. The lowest BCUT2D eigenvalue weighted by Gasteiger charge is -2.42. The molecule has 1 aliphatic heterocycles. The van der Waals surface area contributed by atoms with E-state index in [2.05, 4.69) is 10.5 Å². The van der Waals surface area contributed by atoms with Crippen LogP contribution in [0.2, 0.25) is 0 Å². The van der Waals surface area contributed by atoms with Crippen LogP contribution in [0.1, 0.15) is 25.5 Å². The third-order valence-electron chi connectivity index (χ3n) is 3.79. The number of rotatable bonds is 6. The molecular formula is C13H24N4O2. The number of hydrogen-bond acceptors (Lipinski definition) is 5. The van der Waals surface area contributed by atoms with Crippen LogP contribution in [-0.2, 0) is 22.9 Å². The molecule has 1 fully saturated rings. The molecule has 1 unspecified atom stereocenters. The van der Waals surface area contributed by atoms with Crippen molar-refractivity contribution in [1.29, 1.82) is 0 Å². The molecule has 0 amide bonds. The standard InChI is InChI=1S/C13H24N4O2/c1-3-19-13(5-8-18-9-6-13)12(15-14)10-11-4-7-17(2)16-11/h4,7,12,15H,3,5-6,8-10,14H2,1-2H3. The highest BCUT2D eigenvalue weighted by Gasteiger charge is 2.41. The van der Waals surface area contributed by atoms with Gasteiger partial charge in [0, 0.05) is 52.3 Å². The fourth-order valence-corrected chi connectivity index (χ4v) is 2.78. The van der Waals surface area contributed by atoms with E-state index in [4.69, 9.17) is 15.3 Å². The molecule has 2 heterocycles. The molecular weight excluding hydrogens is 244 g/mol. The number of hydrogen-bond donors (Lipinski definition) is 2. The number of ether oxygens (including phenoxy) is 2. The Kier molecular flexibility index (Phi) is 4.93. The van der Waals surface area contributed by atoms with Crippen molar-refractivity contribution in [3.63, 3.8) is 0 Å². The van der Waals surface area contributed by atoms with E-state index in [-0.39, 0.29) is 11.6 Å². The first-order valence-electron chi connectivity index (χ1n) is 6.86. The van der Waals surface area contributed by atoms with Crippen LogP contribution >= 0.6 is 0 Å². The molecule has 19 heavy (non-hydrogen) atoms. The van der Waals surface area contributed by atoms with Crippen molar-refractivity contribution in [2.24, 2.45) is 12.9 Å². The maximum atomic E-state index is 6.05. The van der Waals surface area contributed by atoms with E-state index in [1.807, 2.05) is 26.2 Å². The van der Waals surface area contributed by atoms with Crippen molar-refractivity contribution in [2.45, 2.75) is 37.8 Å². The molecule has 3 N–H and O–H groups in total. The molecule has 0 aliphatic carbocycles. The average molecular weight is 268 g/mol. The molecule has 1 aliphatic rings.